The highest BCUT2D eigenvalue weighted by atomic mass is 16.1. The fourth-order valence-corrected chi connectivity index (χ4v) is 2.25. The van der Waals surface area contributed by atoms with Crippen LogP contribution < -0.4 is 0 Å². The molecule has 0 fully saturated rings. The molecule has 14 heavy (non-hydrogen) atoms. The Morgan fingerprint density at radius 1 is 1.21 bits per heavy atom. The highest BCUT2D eigenvalue weighted by Crippen LogP contribution is 2.34. The average Bonchev–Trinajstić information content (AvgIpc) is 2.12. The Morgan fingerprint density at radius 3 is 2.64 bits per heavy atom. The molecule has 0 N–H and O–H groups in total. The molecule has 0 aromatic heterocycles. The summed E-state index contributed by atoms with van der Waals surface area (Å²) in [5, 5.41) is 0. The predicted octanol–water partition coefficient (Wildman–Crippen LogP) is 2.79. The van der Waals surface area contributed by atoms with Gasteiger partial charge in [-0.3, -0.25) is 4.79 Å². The van der Waals surface area contributed by atoms with Crippen LogP contribution in [0.2, 0.25) is 0 Å². The number of carbonyl (C=O) groups excluding carboxylic acids is 1. The number of hydrogen-bond acceptors (Lipinski definition) is 1. The minimum Gasteiger partial charge on any atom is -0.299 e. The third kappa shape index (κ3) is 1.28. The van der Waals surface area contributed by atoms with Crippen LogP contribution in [0.5, 0.6) is 0 Å². The van der Waals surface area contributed by atoms with Crippen LogP contribution in [-0.2, 0) is 16.6 Å². The average molecular weight is 188 g/mol. The molecule has 0 bridgehead atoms. The molecule has 0 radical (unpaired) electrons. The Bertz CT molecular complexity index is 388. The van der Waals surface area contributed by atoms with Crippen molar-refractivity contribution in [2.45, 2.75) is 39.0 Å². The first-order valence-corrected chi connectivity index (χ1v) is 5.15. The quantitative estimate of drug-likeness (QED) is 0.612. The van der Waals surface area contributed by atoms with Gasteiger partial charge in [-0.2, -0.15) is 0 Å². The van der Waals surface area contributed by atoms with Gasteiger partial charge >= 0.3 is 0 Å². The molecular weight excluding hydrogens is 172 g/mol. The molecule has 0 saturated heterocycles. The zero-order valence-electron chi connectivity index (χ0n) is 9.05. The SMILES string of the molecule is Cc1ccc2c(c1)CCC(=O)C2(C)C. The van der Waals surface area contributed by atoms with E-state index in [1.165, 1.54) is 16.7 Å². The van der Waals surface area contributed by atoms with Crippen molar-refractivity contribution in [1.82, 2.24) is 0 Å². The minimum absolute atomic E-state index is 0.277. The molecule has 1 heteroatoms. The number of benzene rings is 1. The lowest BCUT2D eigenvalue weighted by Gasteiger charge is -2.31. The van der Waals surface area contributed by atoms with Crippen LogP contribution in [0.4, 0.5) is 0 Å². The highest BCUT2D eigenvalue weighted by molar-refractivity contribution is 5.91. The third-order valence-electron chi connectivity index (χ3n) is 3.25. The topological polar surface area (TPSA) is 17.1 Å². The number of aryl methyl sites for hydroxylation is 2. The van der Waals surface area contributed by atoms with Gasteiger partial charge in [0.2, 0.25) is 0 Å². The second-order valence-electron chi connectivity index (χ2n) is 4.71. The van der Waals surface area contributed by atoms with Crippen molar-refractivity contribution in [1.29, 1.82) is 0 Å². The van der Waals surface area contributed by atoms with E-state index >= 15 is 0 Å². The van der Waals surface area contributed by atoms with Crippen LogP contribution in [0, 0.1) is 6.92 Å². The summed E-state index contributed by atoms with van der Waals surface area (Å²) < 4.78 is 0. The number of fused-ring (bicyclic) bond motifs is 1. The summed E-state index contributed by atoms with van der Waals surface area (Å²) in [7, 11) is 0. The van der Waals surface area contributed by atoms with Gasteiger partial charge in [0.15, 0.2) is 0 Å². The van der Waals surface area contributed by atoms with Crippen LogP contribution in [0.3, 0.4) is 0 Å². The standard InChI is InChI=1S/C13H16O/c1-9-4-6-11-10(8-9)5-7-12(14)13(11,2)3/h4,6,8H,5,7H2,1-3H3. The lowest BCUT2D eigenvalue weighted by atomic mass is 9.71. The summed E-state index contributed by atoms with van der Waals surface area (Å²) in [6, 6.07) is 6.42. The van der Waals surface area contributed by atoms with E-state index in [2.05, 4.69) is 25.1 Å². The molecule has 1 nitrogen and oxygen atoms in total. The molecule has 0 heterocycles. The van der Waals surface area contributed by atoms with E-state index < -0.39 is 0 Å². The normalized spacial score (nSPS) is 19.2. The zero-order valence-corrected chi connectivity index (χ0v) is 9.05. The van der Waals surface area contributed by atoms with Crippen LogP contribution in [0.25, 0.3) is 0 Å². The summed E-state index contributed by atoms with van der Waals surface area (Å²) in [6.45, 7) is 6.16. The van der Waals surface area contributed by atoms with Gasteiger partial charge in [-0.05, 0) is 38.3 Å². The maximum Gasteiger partial charge on any atom is 0.143 e. The molecule has 0 amide bonds. The van der Waals surface area contributed by atoms with Crippen molar-refractivity contribution in [3.05, 3.63) is 34.9 Å². The first kappa shape index (κ1) is 9.45. The Hall–Kier alpha value is -1.11. The predicted molar refractivity (Wildman–Crippen MR) is 57.5 cm³/mol. The fraction of sp³-hybridized carbons (Fsp3) is 0.462. The molecule has 1 aromatic rings. The first-order valence-electron chi connectivity index (χ1n) is 5.15. The van der Waals surface area contributed by atoms with Gasteiger partial charge < -0.3 is 0 Å². The largest absolute Gasteiger partial charge is 0.299 e. The maximum absolute atomic E-state index is 11.8. The summed E-state index contributed by atoms with van der Waals surface area (Å²) >= 11 is 0. The summed E-state index contributed by atoms with van der Waals surface area (Å²) in [6.07, 6.45) is 1.61. The van der Waals surface area contributed by atoms with E-state index in [4.69, 9.17) is 0 Å². The number of rotatable bonds is 0. The summed E-state index contributed by atoms with van der Waals surface area (Å²) in [5.74, 6) is 0.369. The van der Waals surface area contributed by atoms with Crippen molar-refractivity contribution in [3.8, 4) is 0 Å². The lowest BCUT2D eigenvalue weighted by Crippen LogP contribution is -2.34. The number of carbonyl (C=O) groups is 1. The van der Waals surface area contributed by atoms with Crippen molar-refractivity contribution < 1.29 is 4.79 Å². The fourth-order valence-electron chi connectivity index (χ4n) is 2.25. The first-order chi connectivity index (χ1) is 6.51. The van der Waals surface area contributed by atoms with Crippen molar-refractivity contribution in [3.63, 3.8) is 0 Å². The third-order valence-corrected chi connectivity index (χ3v) is 3.25. The van der Waals surface area contributed by atoms with E-state index in [0.717, 1.165) is 6.42 Å². The van der Waals surface area contributed by atoms with E-state index in [1.54, 1.807) is 0 Å². The maximum atomic E-state index is 11.8. The smallest absolute Gasteiger partial charge is 0.143 e. The van der Waals surface area contributed by atoms with Gasteiger partial charge in [-0.25, -0.2) is 0 Å². The second-order valence-corrected chi connectivity index (χ2v) is 4.71. The van der Waals surface area contributed by atoms with E-state index in [0.29, 0.717) is 12.2 Å². The summed E-state index contributed by atoms with van der Waals surface area (Å²) in [4.78, 5) is 11.8. The zero-order chi connectivity index (χ0) is 10.3. The lowest BCUT2D eigenvalue weighted by molar-refractivity contribution is -0.124. The molecule has 74 valence electrons. The van der Waals surface area contributed by atoms with Gasteiger partial charge in [0.1, 0.15) is 5.78 Å². The van der Waals surface area contributed by atoms with Crippen molar-refractivity contribution >= 4 is 5.78 Å². The van der Waals surface area contributed by atoms with Gasteiger partial charge in [0.25, 0.3) is 0 Å². The molecule has 1 aliphatic carbocycles. The number of hydrogen-bond donors (Lipinski definition) is 0. The summed E-state index contributed by atoms with van der Waals surface area (Å²) in [5.41, 5.74) is 3.59. The molecule has 2 rings (SSSR count). The van der Waals surface area contributed by atoms with E-state index in [9.17, 15) is 4.79 Å². The van der Waals surface area contributed by atoms with E-state index in [-0.39, 0.29) is 5.41 Å². The minimum atomic E-state index is -0.277. The van der Waals surface area contributed by atoms with Gasteiger partial charge in [-0.1, -0.05) is 23.8 Å². The molecule has 1 aromatic carbocycles. The molecule has 0 aliphatic heterocycles. The Balaban J connectivity index is 2.59. The number of ketones is 1. The molecular formula is C13H16O. The monoisotopic (exact) mass is 188 g/mol. The van der Waals surface area contributed by atoms with Gasteiger partial charge in [0.05, 0.1) is 0 Å². The molecule has 0 saturated carbocycles. The van der Waals surface area contributed by atoms with Crippen LogP contribution >= 0.6 is 0 Å². The van der Waals surface area contributed by atoms with Gasteiger partial charge in [-0.15, -0.1) is 0 Å². The Morgan fingerprint density at radius 2 is 1.93 bits per heavy atom. The van der Waals surface area contributed by atoms with Crippen LogP contribution in [0.1, 0.15) is 37.0 Å². The van der Waals surface area contributed by atoms with Crippen LogP contribution in [-0.4, -0.2) is 5.78 Å². The van der Waals surface area contributed by atoms with Crippen molar-refractivity contribution in [2.75, 3.05) is 0 Å². The molecule has 1 aliphatic rings. The molecule has 0 unspecified atom stereocenters. The molecule has 0 spiro atoms. The van der Waals surface area contributed by atoms with E-state index in [1.807, 2.05) is 13.8 Å². The Kier molecular flexibility index (Phi) is 1.99. The second kappa shape index (κ2) is 2.94. The van der Waals surface area contributed by atoms with Crippen molar-refractivity contribution in [2.24, 2.45) is 0 Å². The van der Waals surface area contributed by atoms with Crippen LogP contribution in [0.15, 0.2) is 18.2 Å². The highest BCUT2D eigenvalue weighted by Gasteiger charge is 2.34. The van der Waals surface area contributed by atoms with Gasteiger partial charge in [0, 0.05) is 11.8 Å². The number of Topliss-reactive ketones (excluding diaryl/α,β-unsaturated/α-hetero) is 1. The Labute approximate surface area is 85.1 Å². The molecule has 0 atom stereocenters.